The molecular weight excluding hydrogens is 254 g/mol. The molecule has 0 aromatic carbocycles. The lowest BCUT2D eigenvalue weighted by atomic mass is 9.94. The highest BCUT2D eigenvalue weighted by Gasteiger charge is 2.41. The van der Waals surface area contributed by atoms with E-state index in [9.17, 15) is 14.4 Å². The number of H-pyrrole nitrogens is 1. The van der Waals surface area contributed by atoms with Gasteiger partial charge in [-0.3, -0.25) is 14.4 Å². The highest BCUT2D eigenvalue weighted by atomic mass is 32.1. The summed E-state index contributed by atoms with van der Waals surface area (Å²) in [5.74, 6) is -0.284. The van der Waals surface area contributed by atoms with Gasteiger partial charge in [-0.25, -0.2) is 0 Å². The summed E-state index contributed by atoms with van der Waals surface area (Å²) in [4.78, 5) is 38.9. The lowest BCUT2D eigenvalue weighted by molar-refractivity contribution is -0.150. The Bertz CT molecular complexity index is 536. The molecular formula is C11H15N3O3S. The van der Waals surface area contributed by atoms with Crippen LogP contribution < -0.4 is 10.2 Å². The highest BCUT2D eigenvalue weighted by molar-refractivity contribution is 7.07. The van der Waals surface area contributed by atoms with E-state index in [1.165, 1.54) is 4.90 Å². The molecule has 1 aromatic heterocycles. The Hall–Kier alpha value is -1.63. The van der Waals surface area contributed by atoms with E-state index < -0.39 is 5.54 Å². The first-order valence-electron chi connectivity index (χ1n) is 5.71. The molecule has 0 radical (unpaired) electrons. The Morgan fingerprint density at radius 2 is 2.17 bits per heavy atom. The van der Waals surface area contributed by atoms with Crippen LogP contribution in [-0.2, 0) is 16.1 Å². The SMILES string of the molecule is CCC1(C)NC(=O)CN(Cc2csc(=O)[nH]2)C1=O. The predicted octanol–water partition coefficient (Wildman–Crippen LogP) is 0.0635. The van der Waals surface area contributed by atoms with Crippen molar-refractivity contribution in [3.8, 4) is 0 Å². The first-order chi connectivity index (χ1) is 8.44. The molecule has 2 heterocycles. The molecule has 18 heavy (non-hydrogen) atoms. The standard InChI is InChI=1S/C11H15N3O3S/c1-3-11(2)9(16)14(5-8(15)13-11)4-7-6-18-10(17)12-7/h6H,3-5H2,1-2H3,(H,12,17)(H,13,15). The van der Waals surface area contributed by atoms with E-state index in [1.807, 2.05) is 6.92 Å². The zero-order valence-electron chi connectivity index (χ0n) is 10.3. The molecule has 6 nitrogen and oxygen atoms in total. The second kappa shape index (κ2) is 4.56. The van der Waals surface area contributed by atoms with Crippen molar-refractivity contribution in [3.63, 3.8) is 0 Å². The van der Waals surface area contributed by atoms with Crippen molar-refractivity contribution in [2.45, 2.75) is 32.4 Å². The fourth-order valence-electron chi connectivity index (χ4n) is 1.96. The normalized spacial score (nSPS) is 24.2. The average molecular weight is 269 g/mol. The van der Waals surface area contributed by atoms with Gasteiger partial charge < -0.3 is 15.2 Å². The molecule has 2 amide bonds. The van der Waals surface area contributed by atoms with E-state index >= 15 is 0 Å². The van der Waals surface area contributed by atoms with Crippen LogP contribution in [0.3, 0.4) is 0 Å². The van der Waals surface area contributed by atoms with Crippen LogP contribution >= 0.6 is 11.3 Å². The molecule has 7 heteroatoms. The number of rotatable bonds is 3. The molecule has 2 rings (SSSR count). The van der Waals surface area contributed by atoms with Gasteiger partial charge in [0.2, 0.25) is 11.8 Å². The highest BCUT2D eigenvalue weighted by Crippen LogP contribution is 2.19. The van der Waals surface area contributed by atoms with Gasteiger partial charge in [0.1, 0.15) is 12.1 Å². The second-order valence-electron chi connectivity index (χ2n) is 4.57. The smallest absolute Gasteiger partial charge is 0.304 e. The van der Waals surface area contributed by atoms with Gasteiger partial charge in [0.05, 0.1) is 6.54 Å². The maximum Gasteiger partial charge on any atom is 0.304 e. The van der Waals surface area contributed by atoms with Gasteiger partial charge in [-0.2, -0.15) is 0 Å². The van der Waals surface area contributed by atoms with Crippen LogP contribution in [0.15, 0.2) is 10.2 Å². The van der Waals surface area contributed by atoms with Crippen molar-refractivity contribution in [1.82, 2.24) is 15.2 Å². The summed E-state index contributed by atoms with van der Waals surface area (Å²) < 4.78 is 0. The third-order valence-corrected chi connectivity index (χ3v) is 3.87. The largest absolute Gasteiger partial charge is 0.340 e. The maximum atomic E-state index is 12.3. The molecule has 0 spiro atoms. The van der Waals surface area contributed by atoms with E-state index in [-0.39, 0.29) is 29.8 Å². The zero-order chi connectivity index (χ0) is 13.3. The van der Waals surface area contributed by atoms with Crippen molar-refractivity contribution in [2.75, 3.05) is 6.54 Å². The molecule has 1 saturated heterocycles. The summed E-state index contributed by atoms with van der Waals surface area (Å²) in [5.41, 5.74) is -0.183. The number of aromatic amines is 1. The van der Waals surface area contributed by atoms with Gasteiger partial charge in [-0.05, 0) is 13.3 Å². The lowest BCUT2D eigenvalue weighted by Crippen LogP contribution is -2.64. The lowest BCUT2D eigenvalue weighted by Gasteiger charge is -2.39. The summed E-state index contributed by atoms with van der Waals surface area (Å²) in [5, 5.41) is 4.39. The number of piperazine rings is 1. The van der Waals surface area contributed by atoms with E-state index in [0.29, 0.717) is 12.1 Å². The molecule has 98 valence electrons. The molecule has 2 N–H and O–H groups in total. The summed E-state index contributed by atoms with van der Waals surface area (Å²) in [6.07, 6.45) is 0.536. The Kier molecular flexibility index (Phi) is 3.25. The van der Waals surface area contributed by atoms with Gasteiger partial charge in [-0.1, -0.05) is 18.3 Å². The number of carbonyl (C=O) groups is 2. The maximum absolute atomic E-state index is 12.3. The van der Waals surface area contributed by atoms with Crippen LogP contribution in [0, 0.1) is 0 Å². The molecule has 1 aliphatic heterocycles. The zero-order valence-corrected chi connectivity index (χ0v) is 11.1. The molecule has 1 aliphatic rings. The van der Waals surface area contributed by atoms with Gasteiger partial charge >= 0.3 is 4.87 Å². The van der Waals surface area contributed by atoms with Crippen LogP contribution in [0.4, 0.5) is 0 Å². The minimum atomic E-state index is -0.842. The fraction of sp³-hybridized carbons (Fsp3) is 0.545. The van der Waals surface area contributed by atoms with Gasteiger partial charge in [0, 0.05) is 11.1 Å². The minimum absolute atomic E-state index is 0.0340. The van der Waals surface area contributed by atoms with Gasteiger partial charge in [0.25, 0.3) is 0 Å². The molecule has 1 unspecified atom stereocenters. The van der Waals surface area contributed by atoms with Crippen molar-refractivity contribution >= 4 is 23.2 Å². The van der Waals surface area contributed by atoms with Crippen LogP contribution in [0.5, 0.6) is 0 Å². The van der Waals surface area contributed by atoms with Gasteiger partial charge in [-0.15, -0.1) is 0 Å². The van der Waals surface area contributed by atoms with Crippen molar-refractivity contribution in [1.29, 1.82) is 0 Å². The van der Waals surface area contributed by atoms with E-state index in [1.54, 1.807) is 12.3 Å². The summed E-state index contributed by atoms with van der Waals surface area (Å²) >= 11 is 1.05. The van der Waals surface area contributed by atoms with Crippen molar-refractivity contribution < 1.29 is 9.59 Å². The summed E-state index contributed by atoms with van der Waals surface area (Å²) in [7, 11) is 0. The Labute approximate surface area is 108 Å². The third-order valence-electron chi connectivity index (χ3n) is 3.15. The first-order valence-corrected chi connectivity index (χ1v) is 6.59. The number of hydrogen-bond donors (Lipinski definition) is 2. The number of hydrogen-bond acceptors (Lipinski definition) is 4. The van der Waals surface area contributed by atoms with Crippen molar-refractivity contribution in [3.05, 3.63) is 20.7 Å². The average Bonchev–Trinajstić information content (AvgIpc) is 2.71. The summed E-state index contributed by atoms with van der Waals surface area (Å²) in [6.45, 7) is 3.87. The number of nitrogens with zero attached hydrogens (tertiary/aromatic N) is 1. The predicted molar refractivity (Wildman–Crippen MR) is 67.2 cm³/mol. The van der Waals surface area contributed by atoms with E-state index in [0.717, 1.165) is 11.3 Å². The number of aromatic nitrogens is 1. The molecule has 1 fully saturated rings. The van der Waals surface area contributed by atoms with Crippen LogP contribution in [-0.4, -0.2) is 33.8 Å². The Balaban J connectivity index is 2.19. The molecule has 1 atom stereocenters. The second-order valence-corrected chi connectivity index (χ2v) is 5.41. The van der Waals surface area contributed by atoms with Crippen molar-refractivity contribution in [2.24, 2.45) is 0 Å². The molecule has 0 aliphatic carbocycles. The molecule has 1 aromatic rings. The monoisotopic (exact) mass is 269 g/mol. The van der Waals surface area contributed by atoms with Crippen LogP contribution in [0.1, 0.15) is 26.0 Å². The van der Waals surface area contributed by atoms with Crippen LogP contribution in [0.25, 0.3) is 0 Å². The number of nitrogens with one attached hydrogen (secondary N) is 2. The van der Waals surface area contributed by atoms with Crippen LogP contribution in [0.2, 0.25) is 0 Å². The number of carbonyl (C=O) groups excluding carboxylic acids is 2. The summed E-state index contributed by atoms with van der Waals surface area (Å²) in [6, 6.07) is 0. The molecule has 0 bridgehead atoms. The first kappa shape index (κ1) is 12.8. The van der Waals surface area contributed by atoms with E-state index in [2.05, 4.69) is 10.3 Å². The molecule has 0 saturated carbocycles. The Morgan fingerprint density at radius 1 is 1.44 bits per heavy atom. The fourth-order valence-corrected chi connectivity index (χ4v) is 2.53. The third kappa shape index (κ3) is 2.31. The van der Waals surface area contributed by atoms with E-state index in [4.69, 9.17) is 0 Å². The minimum Gasteiger partial charge on any atom is -0.340 e. The van der Waals surface area contributed by atoms with Gasteiger partial charge in [0.15, 0.2) is 0 Å². The quantitative estimate of drug-likeness (QED) is 0.814. The number of thiazole rings is 1. The number of amides is 2. The topological polar surface area (TPSA) is 82.3 Å². The Morgan fingerprint density at radius 3 is 2.72 bits per heavy atom.